The van der Waals surface area contributed by atoms with E-state index in [-0.39, 0.29) is 17.2 Å². The Labute approximate surface area is 147 Å². The summed E-state index contributed by atoms with van der Waals surface area (Å²) in [6.45, 7) is 1.99. The van der Waals surface area contributed by atoms with Crippen molar-refractivity contribution in [3.05, 3.63) is 34.9 Å². The number of likely N-dealkylation sites (tertiary alicyclic amines) is 1. The van der Waals surface area contributed by atoms with Crippen molar-refractivity contribution in [3.63, 3.8) is 0 Å². The summed E-state index contributed by atoms with van der Waals surface area (Å²) in [4.78, 5) is 24.9. The number of halogens is 1. The zero-order valence-electron chi connectivity index (χ0n) is 13.7. The Bertz CT molecular complexity index is 593. The molecule has 0 spiro atoms. The number of piperidine rings is 1. The number of nitrogens with one attached hydrogen (secondary N) is 1. The minimum Gasteiger partial charge on any atom is -0.354 e. The highest BCUT2D eigenvalue weighted by Gasteiger charge is 2.44. The Kier molecular flexibility index (Phi) is 5.11. The summed E-state index contributed by atoms with van der Waals surface area (Å²) in [5, 5.41) is 3.77. The summed E-state index contributed by atoms with van der Waals surface area (Å²) in [6, 6.07) is 7.36. The van der Waals surface area contributed by atoms with Crippen molar-refractivity contribution >= 4 is 23.9 Å². The van der Waals surface area contributed by atoms with Crippen molar-refractivity contribution in [2.45, 2.75) is 37.1 Å². The molecule has 0 radical (unpaired) electrons. The van der Waals surface area contributed by atoms with Crippen LogP contribution in [0.2, 0.25) is 5.02 Å². The number of hydrogen-bond acceptors (Lipinski definition) is 3. The number of nitrogens with two attached hydrogens (primary N) is 1. The van der Waals surface area contributed by atoms with Crippen molar-refractivity contribution in [2.24, 2.45) is 11.7 Å². The Morgan fingerprint density at radius 2 is 1.96 bits per heavy atom. The highest BCUT2D eigenvalue weighted by atomic mass is 35.5. The van der Waals surface area contributed by atoms with Crippen LogP contribution in [0.5, 0.6) is 0 Å². The number of carbonyl (C=O) groups is 2. The topological polar surface area (TPSA) is 75.4 Å². The van der Waals surface area contributed by atoms with Gasteiger partial charge in [-0.3, -0.25) is 9.59 Å². The number of benzene rings is 1. The van der Waals surface area contributed by atoms with Crippen LogP contribution in [-0.4, -0.2) is 42.9 Å². The van der Waals surface area contributed by atoms with Gasteiger partial charge in [0, 0.05) is 30.1 Å². The summed E-state index contributed by atoms with van der Waals surface area (Å²) in [5.41, 5.74) is 7.42. The molecule has 1 aliphatic heterocycles. The lowest BCUT2D eigenvalue weighted by atomic mass is 9.89. The van der Waals surface area contributed by atoms with Gasteiger partial charge in [-0.2, -0.15) is 0 Å². The fourth-order valence-corrected chi connectivity index (χ4v) is 3.62. The number of carbonyl (C=O) groups excluding carboxylic acids is 2. The van der Waals surface area contributed by atoms with E-state index in [1.165, 1.54) is 5.56 Å². The van der Waals surface area contributed by atoms with Crippen LogP contribution >= 0.6 is 11.6 Å². The second kappa shape index (κ2) is 7.11. The van der Waals surface area contributed by atoms with Gasteiger partial charge in [-0.15, -0.1) is 0 Å². The summed E-state index contributed by atoms with van der Waals surface area (Å²) in [5.74, 6) is 0.0617. The van der Waals surface area contributed by atoms with Crippen LogP contribution in [0.1, 0.15) is 31.2 Å². The van der Waals surface area contributed by atoms with Gasteiger partial charge < -0.3 is 16.0 Å². The fraction of sp³-hybridized carbons (Fsp3) is 0.556. The molecular weight excluding hydrogens is 326 g/mol. The van der Waals surface area contributed by atoms with Crippen LogP contribution in [0.15, 0.2) is 24.3 Å². The van der Waals surface area contributed by atoms with Gasteiger partial charge in [-0.25, -0.2) is 0 Å². The molecule has 1 heterocycles. The Morgan fingerprint density at radius 3 is 2.50 bits per heavy atom. The van der Waals surface area contributed by atoms with E-state index in [1.54, 1.807) is 4.90 Å². The minimum absolute atomic E-state index is 0.0425. The van der Waals surface area contributed by atoms with Crippen LogP contribution in [0.4, 0.5) is 0 Å². The molecule has 1 saturated carbocycles. The quantitative estimate of drug-likeness (QED) is 0.767. The third kappa shape index (κ3) is 3.73. The number of nitrogens with zero attached hydrogens (tertiary/aromatic N) is 1. The average Bonchev–Trinajstić information content (AvgIpc) is 3.41. The molecule has 0 bridgehead atoms. The first kappa shape index (κ1) is 17.2. The molecule has 0 unspecified atom stereocenters. The predicted octanol–water partition coefficient (Wildman–Crippen LogP) is 1.68. The summed E-state index contributed by atoms with van der Waals surface area (Å²) >= 11 is 5.95. The van der Waals surface area contributed by atoms with Crippen molar-refractivity contribution in [2.75, 3.05) is 19.6 Å². The molecule has 2 amide bonds. The highest BCUT2D eigenvalue weighted by Crippen LogP contribution is 2.47. The third-order valence-corrected chi connectivity index (χ3v) is 5.70. The maximum Gasteiger partial charge on any atom is 0.237 e. The van der Waals surface area contributed by atoms with Crippen molar-refractivity contribution in [1.82, 2.24) is 10.2 Å². The number of rotatable bonds is 6. The van der Waals surface area contributed by atoms with Gasteiger partial charge in [0.25, 0.3) is 0 Å². The molecule has 2 fully saturated rings. The van der Waals surface area contributed by atoms with Gasteiger partial charge in [0.15, 0.2) is 0 Å². The summed E-state index contributed by atoms with van der Waals surface area (Å²) in [7, 11) is 0. The molecule has 24 heavy (non-hydrogen) atoms. The van der Waals surface area contributed by atoms with Crippen molar-refractivity contribution in [1.29, 1.82) is 0 Å². The number of amides is 2. The Balaban J connectivity index is 1.52. The van der Waals surface area contributed by atoms with Crippen LogP contribution in [0.3, 0.4) is 0 Å². The van der Waals surface area contributed by atoms with E-state index in [0.29, 0.717) is 19.6 Å². The fourth-order valence-electron chi connectivity index (χ4n) is 3.49. The molecule has 0 aromatic heterocycles. The van der Waals surface area contributed by atoms with E-state index in [2.05, 4.69) is 5.32 Å². The molecule has 1 aliphatic carbocycles. The molecular formula is C18H24ClN3O2. The van der Waals surface area contributed by atoms with Gasteiger partial charge in [0.05, 0.1) is 6.04 Å². The van der Waals surface area contributed by atoms with Gasteiger partial charge in [0.2, 0.25) is 12.3 Å². The largest absolute Gasteiger partial charge is 0.354 e. The lowest BCUT2D eigenvalue weighted by Gasteiger charge is -2.32. The smallest absolute Gasteiger partial charge is 0.237 e. The second-order valence-corrected chi connectivity index (χ2v) is 7.45. The zero-order valence-corrected chi connectivity index (χ0v) is 14.5. The van der Waals surface area contributed by atoms with Gasteiger partial charge in [-0.1, -0.05) is 23.7 Å². The maximum atomic E-state index is 12.4. The van der Waals surface area contributed by atoms with E-state index >= 15 is 0 Å². The maximum absolute atomic E-state index is 12.4. The SMILES string of the molecule is N[C@H](C(=O)NCC1(c2ccc(Cl)cc2)CC1)C1CCN(C=O)CC1. The van der Waals surface area contributed by atoms with E-state index in [0.717, 1.165) is 37.1 Å². The van der Waals surface area contributed by atoms with E-state index in [9.17, 15) is 9.59 Å². The van der Waals surface area contributed by atoms with Gasteiger partial charge in [0.1, 0.15) is 0 Å². The van der Waals surface area contributed by atoms with Gasteiger partial charge in [-0.05, 0) is 49.3 Å². The first-order valence-electron chi connectivity index (χ1n) is 8.53. The van der Waals surface area contributed by atoms with E-state index in [4.69, 9.17) is 17.3 Å². The lowest BCUT2D eigenvalue weighted by molar-refractivity contribution is -0.124. The van der Waals surface area contributed by atoms with Crippen LogP contribution in [0, 0.1) is 5.92 Å². The molecule has 1 saturated heterocycles. The Morgan fingerprint density at radius 1 is 1.33 bits per heavy atom. The van der Waals surface area contributed by atoms with Crippen molar-refractivity contribution in [3.8, 4) is 0 Å². The average molecular weight is 350 g/mol. The van der Waals surface area contributed by atoms with Crippen LogP contribution in [0.25, 0.3) is 0 Å². The summed E-state index contributed by atoms with van der Waals surface area (Å²) in [6.07, 6.45) is 4.58. The molecule has 2 aliphatic rings. The highest BCUT2D eigenvalue weighted by molar-refractivity contribution is 6.30. The van der Waals surface area contributed by atoms with E-state index < -0.39 is 6.04 Å². The van der Waals surface area contributed by atoms with Gasteiger partial charge >= 0.3 is 0 Å². The Hall–Kier alpha value is -1.59. The molecule has 130 valence electrons. The molecule has 3 rings (SSSR count). The second-order valence-electron chi connectivity index (χ2n) is 7.01. The molecule has 1 aromatic carbocycles. The normalized spacial score (nSPS) is 21.2. The predicted molar refractivity (Wildman–Crippen MR) is 93.7 cm³/mol. The number of hydrogen-bond donors (Lipinski definition) is 2. The minimum atomic E-state index is -0.500. The molecule has 6 heteroatoms. The molecule has 5 nitrogen and oxygen atoms in total. The molecule has 1 atom stereocenters. The third-order valence-electron chi connectivity index (χ3n) is 5.45. The van der Waals surface area contributed by atoms with Crippen LogP contribution in [-0.2, 0) is 15.0 Å². The lowest BCUT2D eigenvalue weighted by Crippen LogP contribution is -2.50. The molecule has 1 aromatic rings. The first-order valence-corrected chi connectivity index (χ1v) is 8.90. The zero-order chi connectivity index (χ0) is 17.2. The first-order chi connectivity index (χ1) is 11.5. The van der Waals surface area contributed by atoms with E-state index in [1.807, 2.05) is 24.3 Å². The van der Waals surface area contributed by atoms with Crippen molar-refractivity contribution < 1.29 is 9.59 Å². The summed E-state index contributed by atoms with van der Waals surface area (Å²) < 4.78 is 0. The molecule has 3 N–H and O–H groups in total. The standard InChI is InChI=1S/C18H24ClN3O2/c19-15-3-1-14(2-4-15)18(7-8-18)11-21-17(24)16(20)13-5-9-22(12-23)10-6-13/h1-4,12-13,16H,5-11,20H2,(H,21,24)/t16-/m0/s1. The van der Waals surface area contributed by atoms with Crippen LogP contribution < -0.4 is 11.1 Å². The monoisotopic (exact) mass is 349 g/mol.